The van der Waals surface area contributed by atoms with Crippen LogP contribution in [0.4, 0.5) is 0 Å². The predicted octanol–water partition coefficient (Wildman–Crippen LogP) is 4.05. The quantitative estimate of drug-likeness (QED) is 0.273. The number of hydrogen-bond acceptors (Lipinski definition) is 5. The summed E-state index contributed by atoms with van der Waals surface area (Å²) in [7, 11) is 0. The Morgan fingerprint density at radius 3 is 2.72 bits per heavy atom. The van der Waals surface area contributed by atoms with E-state index in [9.17, 15) is 5.11 Å². The molecule has 160 valence electrons. The number of aliphatic hydroxyl groups is 1. The summed E-state index contributed by atoms with van der Waals surface area (Å²) in [6.07, 6.45) is 6.88. The van der Waals surface area contributed by atoms with Crippen molar-refractivity contribution in [1.82, 2.24) is 15.6 Å². The molecule has 2 aromatic rings. The average molecular weight is 530 g/mol. The normalized spacial score (nSPS) is 16.7. The molecule has 0 aromatic carbocycles. The predicted molar refractivity (Wildman–Crippen MR) is 129 cm³/mol. The third-order valence-corrected chi connectivity index (χ3v) is 5.58. The highest BCUT2D eigenvalue weighted by molar-refractivity contribution is 14.0. The first kappa shape index (κ1) is 23.9. The number of halogens is 1. The Morgan fingerprint density at radius 2 is 2.10 bits per heavy atom. The highest BCUT2D eigenvalue weighted by atomic mass is 127. The topological polar surface area (TPSA) is 78.8 Å². The lowest BCUT2D eigenvalue weighted by molar-refractivity contribution is 0.0621. The molecule has 1 fully saturated rings. The molecule has 0 spiro atoms. The van der Waals surface area contributed by atoms with E-state index in [-0.39, 0.29) is 24.0 Å². The highest BCUT2D eigenvalue weighted by Crippen LogP contribution is 2.23. The minimum absolute atomic E-state index is 0. The number of ether oxygens (including phenoxy) is 1. The summed E-state index contributed by atoms with van der Waals surface area (Å²) in [6, 6.07) is 5.87. The number of hydrogen-bond donors (Lipinski definition) is 3. The van der Waals surface area contributed by atoms with Crippen LogP contribution in [0.5, 0.6) is 5.88 Å². The van der Waals surface area contributed by atoms with Crippen LogP contribution < -0.4 is 15.4 Å². The van der Waals surface area contributed by atoms with E-state index in [0.29, 0.717) is 31.0 Å². The average Bonchev–Trinajstić information content (AvgIpc) is 3.39. The Morgan fingerprint density at radius 1 is 1.31 bits per heavy atom. The second-order valence-corrected chi connectivity index (χ2v) is 8.14. The zero-order chi connectivity index (χ0) is 19.8. The van der Waals surface area contributed by atoms with Crippen LogP contribution in [0.25, 0.3) is 0 Å². The van der Waals surface area contributed by atoms with Gasteiger partial charge in [-0.3, -0.25) is 0 Å². The minimum Gasteiger partial charge on any atom is -0.474 e. The molecular formula is C21H31IN4O2S. The molecule has 0 bridgehead atoms. The molecule has 2 heterocycles. The second-order valence-electron chi connectivity index (χ2n) is 7.36. The number of nitrogens with one attached hydrogen (secondary N) is 2. The van der Waals surface area contributed by atoms with E-state index in [2.05, 4.69) is 20.6 Å². The van der Waals surface area contributed by atoms with Crippen molar-refractivity contribution in [3.8, 4) is 5.88 Å². The molecule has 3 rings (SSSR count). The van der Waals surface area contributed by atoms with Crippen LogP contribution in [0.2, 0.25) is 0 Å². The van der Waals surface area contributed by atoms with Gasteiger partial charge in [-0.05, 0) is 67.5 Å². The molecule has 2 aromatic heterocycles. The molecule has 0 aliphatic heterocycles. The molecule has 1 aliphatic rings. The Kier molecular flexibility index (Phi) is 9.64. The van der Waals surface area contributed by atoms with Crippen molar-refractivity contribution in [3.05, 3.63) is 46.3 Å². The number of nitrogens with zero attached hydrogens (tertiary/aromatic N) is 2. The fourth-order valence-corrected chi connectivity index (χ4v) is 3.97. The summed E-state index contributed by atoms with van der Waals surface area (Å²) in [6.45, 7) is 5.46. The highest BCUT2D eigenvalue weighted by Gasteiger charge is 2.23. The summed E-state index contributed by atoms with van der Waals surface area (Å²) in [5.74, 6) is 1.36. The third-order valence-electron chi connectivity index (χ3n) is 4.89. The lowest BCUT2D eigenvalue weighted by Gasteiger charge is -2.24. The smallest absolute Gasteiger partial charge is 0.213 e. The van der Waals surface area contributed by atoms with E-state index >= 15 is 0 Å². The number of thiophene rings is 1. The van der Waals surface area contributed by atoms with Crippen LogP contribution in [-0.2, 0) is 12.1 Å². The Hall–Kier alpha value is -1.39. The molecule has 8 heteroatoms. The van der Waals surface area contributed by atoms with E-state index in [4.69, 9.17) is 4.74 Å². The maximum absolute atomic E-state index is 10.7. The van der Waals surface area contributed by atoms with Crippen molar-refractivity contribution >= 4 is 41.3 Å². The maximum Gasteiger partial charge on any atom is 0.213 e. The van der Waals surface area contributed by atoms with E-state index in [0.717, 1.165) is 30.5 Å². The monoisotopic (exact) mass is 530 g/mol. The largest absolute Gasteiger partial charge is 0.474 e. The number of aromatic nitrogens is 1. The Bertz CT molecular complexity index is 745. The summed E-state index contributed by atoms with van der Waals surface area (Å²) in [4.78, 5) is 9.02. The van der Waals surface area contributed by atoms with Crippen LogP contribution in [-0.4, -0.2) is 35.2 Å². The summed E-state index contributed by atoms with van der Waals surface area (Å²) >= 11 is 1.58. The molecule has 3 N–H and O–H groups in total. The van der Waals surface area contributed by atoms with E-state index in [1.54, 1.807) is 18.3 Å². The van der Waals surface area contributed by atoms with Gasteiger partial charge in [0.25, 0.3) is 0 Å². The number of guanidine groups is 1. The van der Waals surface area contributed by atoms with Crippen LogP contribution in [0, 0.1) is 0 Å². The van der Waals surface area contributed by atoms with Crippen molar-refractivity contribution in [2.24, 2.45) is 4.99 Å². The summed E-state index contributed by atoms with van der Waals surface area (Å²) in [5.41, 5.74) is 0.972. The van der Waals surface area contributed by atoms with Crippen molar-refractivity contribution in [3.63, 3.8) is 0 Å². The van der Waals surface area contributed by atoms with Gasteiger partial charge in [-0.2, -0.15) is 11.3 Å². The van der Waals surface area contributed by atoms with Crippen LogP contribution >= 0.6 is 35.3 Å². The van der Waals surface area contributed by atoms with Crippen molar-refractivity contribution in [2.45, 2.75) is 57.8 Å². The van der Waals surface area contributed by atoms with Gasteiger partial charge in [0, 0.05) is 18.8 Å². The SMILES string of the molecule is CCNC(=NCc1ccc(OC2CCCC2)nc1)NCC(C)(O)c1ccsc1.I. The fourth-order valence-electron chi connectivity index (χ4n) is 3.19. The molecule has 1 saturated carbocycles. The minimum atomic E-state index is -0.947. The molecule has 29 heavy (non-hydrogen) atoms. The molecule has 1 unspecified atom stereocenters. The van der Waals surface area contributed by atoms with Gasteiger partial charge in [0.15, 0.2) is 5.96 Å². The zero-order valence-electron chi connectivity index (χ0n) is 17.1. The Balaban J connectivity index is 0.00000300. The molecule has 0 radical (unpaired) electrons. The van der Waals surface area contributed by atoms with Crippen molar-refractivity contribution in [2.75, 3.05) is 13.1 Å². The van der Waals surface area contributed by atoms with Gasteiger partial charge < -0.3 is 20.5 Å². The Labute approximate surface area is 194 Å². The summed E-state index contributed by atoms with van der Waals surface area (Å²) in [5, 5.41) is 21.0. The van der Waals surface area contributed by atoms with Crippen LogP contribution in [0.1, 0.15) is 50.7 Å². The van der Waals surface area contributed by atoms with Crippen molar-refractivity contribution < 1.29 is 9.84 Å². The fraction of sp³-hybridized carbons (Fsp3) is 0.524. The van der Waals surface area contributed by atoms with Gasteiger partial charge in [-0.15, -0.1) is 24.0 Å². The van der Waals surface area contributed by atoms with Gasteiger partial charge in [0.05, 0.1) is 13.1 Å². The first-order valence-corrected chi connectivity index (χ1v) is 10.9. The first-order valence-electron chi connectivity index (χ1n) is 9.95. The van der Waals surface area contributed by atoms with E-state index < -0.39 is 5.60 Å². The number of rotatable bonds is 8. The lowest BCUT2D eigenvalue weighted by atomic mass is 9.99. The molecular weight excluding hydrogens is 499 g/mol. The van der Waals surface area contributed by atoms with Crippen LogP contribution in [0.15, 0.2) is 40.1 Å². The second kappa shape index (κ2) is 11.7. The number of aliphatic imine (C=N–C) groups is 1. The molecule has 0 saturated heterocycles. The molecule has 0 amide bonds. The standard InChI is InChI=1S/C21H30N4O2S.HI/c1-3-22-20(25-15-21(2,26)17-10-11-28-14-17)24-13-16-8-9-19(23-12-16)27-18-6-4-5-7-18;/h8-12,14,18,26H,3-7,13,15H2,1-2H3,(H2,22,24,25);1H. The number of pyridine rings is 1. The van der Waals surface area contributed by atoms with Gasteiger partial charge in [-0.1, -0.05) is 6.07 Å². The lowest BCUT2D eigenvalue weighted by Crippen LogP contribution is -2.44. The molecule has 6 nitrogen and oxygen atoms in total. The van der Waals surface area contributed by atoms with Gasteiger partial charge in [-0.25, -0.2) is 9.98 Å². The van der Waals surface area contributed by atoms with Crippen LogP contribution in [0.3, 0.4) is 0 Å². The summed E-state index contributed by atoms with van der Waals surface area (Å²) < 4.78 is 5.91. The zero-order valence-corrected chi connectivity index (χ0v) is 20.2. The van der Waals surface area contributed by atoms with E-state index in [1.165, 1.54) is 12.8 Å². The molecule has 1 atom stereocenters. The molecule has 1 aliphatic carbocycles. The maximum atomic E-state index is 10.7. The van der Waals surface area contributed by atoms with Crippen molar-refractivity contribution in [1.29, 1.82) is 0 Å². The van der Waals surface area contributed by atoms with Gasteiger partial charge in [0.2, 0.25) is 5.88 Å². The third kappa shape index (κ3) is 7.42. The van der Waals surface area contributed by atoms with E-state index in [1.807, 2.05) is 42.1 Å². The van der Waals surface area contributed by atoms with Gasteiger partial charge >= 0.3 is 0 Å². The van der Waals surface area contributed by atoms with Gasteiger partial charge in [0.1, 0.15) is 11.7 Å². The first-order chi connectivity index (χ1) is 13.6.